The molecule has 0 N–H and O–H groups in total. The molecule has 0 spiro atoms. The summed E-state index contributed by atoms with van der Waals surface area (Å²) in [5.41, 5.74) is 2.65. The van der Waals surface area contributed by atoms with Crippen molar-refractivity contribution in [3.8, 4) is 0 Å². The molecule has 0 radical (unpaired) electrons. The average Bonchev–Trinajstić information content (AvgIpc) is 2.11. The van der Waals surface area contributed by atoms with Crippen LogP contribution in [0.5, 0.6) is 0 Å². The lowest BCUT2D eigenvalue weighted by Crippen LogP contribution is -2.27. The fourth-order valence-corrected chi connectivity index (χ4v) is 4.48. The predicted molar refractivity (Wildman–Crippen MR) is 50.1 cm³/mol. The van der Waals surface area contributed by atoms with Gasteiger partial charge in [-0.3, -0.25) is 0 Å². The summed E-state index contributed by atoms with van der Waals surface area (Å²) in [5.74, 6) is 0. The Morgan fingerprint density at radius 1 is 1.40 bits per heavy atom. The first kappa shape index (κ1) is 8.06. The first-order chi connectivity index (χ1) is 4.52. The fourth-order valence-electron chi connectivity index (χ4n) is 1.96. The third-order valence-corrected chi connectivity index (χ3v) is 5.35. The lowest BCUT2D eigenvalue weighted by atomic mass is 10.2. The molecule has 10 heavy (non-hydrogen) atoms. The molecule has 1 unspecified atom stereocenters. The third-order valence-electron chi connectivity index (χ3n) is 2.52. The second kappa shape index (κ2) is 2.53. The number of allylic oxidation sites excluding steroid dienone is 2. The molecule has 1 aliphatic carbocycles. The SMILES string of the molecule is CC1=CCCC1[Si](C)(C)C. The van der Waals surface area contributed by atoms with Gasteiger partial charge in [-0.25, -0.2) is 0 Å². The Bertz CT molecular complexity index is 151. The summed E-state index contributed by atoms with van der Waals surface area (Å²) >= 11 is 0. The highest BCUT2D eigenvalue weighted by molar-refractivity contribution is 6.78. The van der Waals surface area contributed by atoms with Gasteiger partial charge < -0.3 is 0 Å². The molecule has 0 aromatic heterocycles. The Balaban J connectivity index is 2.67. The van der Waals surface area contributed by atoms with Gasteiger partial charge in [0, 0.05) is 0 Å². The zero-order valence-corrected chi connectivity index (χ0v) is 8.57. The molecule has 1 aliphatic rings. The van der Waals surface area contributed by atoms with Crippen LogP contribution in [0.25, 0.3) is 0 Å². The van der Waals surface area contributed by atoms with Crippen molar-refractivity contribution >= 4 is 8.07 Å². The summed E-state index contributed by atoms with van der Waals surface area (Å²) in [6.45, 7) is 9.72. The molecule has 0 bridgehead atoms. The standard InChI is InChI=1S/C9H18Si/c1-8-6-5-7-9(8)10(2,3)4/h6,9H,5,7H2,1-4H3. The van der Waals surface area contributed by atoms with E-state index in [1.54, 1.807) is 5.57 Å². The van der Waals surface area contributed by atoms with Gasteiger partial charge >= 0.3 is 0 Å². The van der Waals surface area contributed by atoms with Crippen molar-refractivity contribution in [1.29, 1.82) is 0 Å². The molecular formula is C9H18Si. The van der Waals surface area contributed by atoms with Crippen LogP contribution in [0.15, 0.2) is 11.6 Å². The van der Waals surface area contributed by atoms with E-state index in [9.17, 15) is 0 Å². The largest absolute Gasteiger partial charge is 0.0856 e. The van der Waals surface area contributed by atoms with Gasteiger partial charge in [0.2, 0.25) is 0 Å². The monoisotopic (exact) mass is 154 g/mol. The molecule has 1 atom stereocenters. The van der Waals surface area contributed by atoms with Crippen molar-refractivity contribution in [1.82, 2.24) is 0 Å². The number of rotatable bonds is 1. The van der Waals surface area contributed by atoms with E-state index in [2.05, 4.69) is 32.6 Å². The Morgan fingerprint density at radius 2 is 2.00 bits per heavy atom. The minimum absolute atomic E-state index is 0.856. The zero-order valence-electron chi connectivity index (χ0n) is 7.57. The summed E-state index contributed by atoms with van der Waals surface area (Å²) in [6, 6.07) is 0. The number of hydrogen-bond acceptors (Lipinski definition) is 0. The molecule has 1 heteroatoms. The molecule has 58 valence electrons. The third kappa shape index (κ3) is 1.51. The predicted octanol–water partition coefficient (Wildman–Crippen LogP) is 3.43. The maximum atomic E-state index is 2.47. The average molecular weight is 154 g/mol. The van der Waals surface area contributed by atoms with Gasteiger partial charge in [-0.15, -0.1) is 0 Å². The van der Waals surface area contributed by atoms with Gasteiger partial charge in [0.25, 0.3) is 0 Å². The van der Waals surface area contributed by atoms with Crippen LogP contribution in [0.1, 0.15) is 19.8 Å². The maximum absolute atomic E-state index is 2.47. The Hall–Kier alpha value is -0.0431. The van der Waals surface area contributed by atoms with Gasteiger partial charge in [0.1, 0.15) is 0 Å². The van der Waals surface area contributed by atoms with Gasteiger partial charge in [-0.2, -0.15) is 0 Å². The van der Waals surface area contributed by atoms with Crippen LogP contribution in [-0.4, -0.2) is 8.07 Å². The van der Waals surface area contributed by atoms with E-state index in [-0.39, 0.29) is 0 Å². The van der Waals surface area contributed by atoms with Crippen LogP contribution >= 0.6 is 0 Å². The molecule has 0 heterocycles. The van der Waals surface area contributed by atoms with Crippen LogP contribution < -0.4 is 0 Å². The van der Waals surface area contributed by atoms with E-state index in [1.165, 1.54) is 12.8 Å². The molecule has 0 saturated carbocycles. The van der Waals surface area contributed by atoms with E-state index < -0.39 is 8.07 Å². The van der Waals surface area contributed by atoms with Crippen molar-refractivity contribution in [3.63, 3.8) is 0 Å². The highest BCUT2D eigenvalue weighted by atomic mass is 28.3. The van der Waals surface area contributed by atoms with Crippen molar-refractivity contribution in [2.75, 3.05) is 0 Å². The Morgan fingerprint density at radius 3 is 2.20 bits per heavy atom. The van der Waals surface area contributed by atoms with Crippen molar-refractivity contribution < 1.29 is 0 Å². The second-order valence-corrected chi connectivity index (χ2v) is 9.87. The Labute approximate surface area is 65.3 Å². The minimum atomic E-state index is -0.856. The van der Waals surface area contributed by atoms with Crippen LogP contribution in [0.4, 0.5) is 0 Å². The molecular weight excluding hydrogens is 136 g/mol. The lowest BCUT2D eigenvalue weighted by molar-refractivity contribution is 0.870. The highest BCUT2D eigenvalue weighted by Crippen LogP contribution is 2.38. The summed E-state index contributed by atoms with van der Waals surface area (Å²) in [6.07, 6.45) is 5.19. The normalized spacial score (nSPS) is 26.8. The van der Waals surface area contributed by atoms with E-state index in [0.717, 1.165) is 5.54 Å². The molecule has 0 nitrogen and oxygen atoms in total. The molecule has 1 rings (SSSR count). The topological polar surface area (TPSA) is 0 Å². The quantitative estimate of drug-likeness (QED) is 0.401. The maximum Gasteiger partial charge on any atom is 0.0517 e. The van der Waals surface area contributed by atoms with Gasteiger partial charge in [-0.1, -0.05) is 31.3 Å². The van der Waals surface area contributed by atoms with Crippen LogP contribution in [0, 0.1) is 0 Å². The van der Waals surface area contributed by atoms with Crippen LogP contribution in [0.3, 0.4) is 0 Å². The smallest absolute Gasteiger partial charge is 0.0517 e. The zero-order chi connectivity index (χ0) is 7.78. The summed E-state index contributed by atoms with van der Waals surface area (Å²) < 4.78 is 0. The van der Waals surface area contributed by atoms with E-state index in [0.29, 0.717) is 0 Å². The van der Waals surface area contributed by atoms with Crippen LogP contribution in [0.2, 0.25) is 25.2 Å². The van der Waals surface area contributed by atoms with Crippen molar-refractivity contribution in [2.45, 2.75) is 44.9 Å². The first-order valence-electron chi connectivity index (χ1n) is 4.18. The molecule has 0 fully saturated rings. The summed E-state index contributed by atoms with van der Waals surface area (Å²) in [4.78, 5) is 0. The van der Waals surface area contributed by atoms with E-state index in [4.69, 9.17) is 0 Å². The van der Waals surface area contributed by atoms with Gasteiger partial charge in [-0.05, 0) is 25.3 Å². The first-order valence-corrected chi connectivity index (χ1v) is 7.76. The van der Waals surface area contributed by atoms with Gasteiger partial charge in [0.05, 0.1) is 8.07 Å². The number of hydrogen-bond donors (Lipinski definition) is 0. The van der Waals surface area contributed by atoms with E-state index >= 15 is 0 Å². The molecule has 0 aromatic carbocycles. The van der Waals surface area contributed by atoms with Gasteiger partial charge in [0.15, 0.2) is 0 Å². The Kier molecular flexibility index (Phi) is 2.04. The summed E-state index contributed by atoms with van der Waals surface area (Å²) in [7, 11) is -0.856. The molecule has 0 aliphatic heterocycles. The second-order valence-electron chi connectivity index (χ2n) is 4.44. The molecule has 0 aromatic rings. The van der Waals surface area contributed by atoms with Crippen molar-refractivity contribution in [3.05, 3.63) is 11.6 Å². The molecule has 0 saturated heterocycles. The lowest BCUT2D eigenvalue weighted by Gasteiger charge is -2.26. The van der Waals surface area contributed by atoms with Crippen molar-refractivity contribution in [2.24, 2.45) is 0 Å². The molecule has 0 amide bonds. The van der Waals surface area contributed by atoms with E-state index in [1.807, 2.05) is 0 Å². The fraction of sp³-hybridized carbons (Fsp3) is 0.778. The van der Waals surface area contributed by atoms with Crippen LogP contribution in [-0.2, 0) is 0 Å². The minimum Gasteiger partial charge on any atom is -0.0856 e. The highest BCUT2D eigenvalue weighted by Gasteiger charge is 2.29. The summed E-state index contributed by atoms with van der Waals surface area (Å²) in [5, 5.41) is 0.